The van der Waals surface area contributed by atoms with Crippen molar-refractivity contribution < 1.29 is 27.4 Å². The van der Waals surface area contributed by atoms with Crippen molar-refractivity contribution >= 4 is 5.97 Å². The predicted molar refractivity (Wildman–Crippen MR) is 68.6 cm³/mol. The first-order valence-corrected chi connectivity index (χ1v) is 6.56. The van der Waals surface area contributed by atoms with Crippen LogP contribution in [-0.4, -0.2) is 26.0 Å². The van der Waals surface area contributed by atoms with Crippen molar-refractivity contribution in [2.24, 2.45) is 5.92 Å². The SMILES string of the molecule is COC(=O)C(NCC1CC1)c1cccc(OC(F)(F)F)c1. The summed E-state index contributed by atoms with van der Waals surface area (Å²) in [5.74, 6) is -0.381. The van der Waals surface area contributed by atoms with Crippen LogP contribution in [0.15, 0.2) is 24.3 Å². The molecule has 0 aliphatic heterocycles. The second kappa shape index (κ2) is 6.34. The summed E-state index contributed by atoms with van der Waals surface area (Å²) in [5, 5.41) is 3.03. The summed E-state index contributed by atoms with van der Waals surface area (Å²) in [6.45, 7) is 0.629. The number of benzene rings is 1. The van der Waals surface area contributed by atoms with Crippen molar-refractivity contribution in [2.45, 2.75) is 25.2 Å². The van der Waals surface area contributed by atoms with Crippen molar-refractivity contribution in [1.82, 2.24) is 5.32 Å². The molecule has 1 aliphatic carbocycles. The summed E-state index contributed by atoms with van der Waals surface area (Å²) in [4.78, 5) is 11.8. The van der Waals surface area contributed by atoms with E-state index < -0.39 is 18.4 Å². The van der Waals surface area contributed by atoms with Gasteiger partial charge in [0.2, 0.25) is 0 Å². The second-order valence-electron chi connectivity index (χ2n) is 4.93. The Labute approximate surface area is 120 Å². The van der Waals surface area contributed by atoms with Gasteiger partial charge in [0.05, 0.1) is 7.11 Å². The van der Waals surface area contributed by atoms with E-state index in [1.807, 2.05) is 0 Å². The third-order valence-electron chi connectivity index (χ3n) is 3.17. The minimum absolute atomic E-state index is 0.359. The van der Waals surface area contributed by atoms with Gasteiger partial charge in [-0.25, -0.2) is 4.79 Å². The third kappa shape index (κ3) is 4.93. The van der Waals surface area contributed by atoms with Crippen molar-refractivity contribution in [3.05, 3.63) is 29.8 Å². The monoisotopic (exact) mass is 303 g/mol. The lowest BCUT2D eigenvalue weighted by Crippen LogP contribution is -2.31. The second-order valence-corrected chi connectivity index (χ2v) is 4.93. The lowest BCUT2D eigenvalue weighted by atomic mass is 10.1. The quantitative estimate of drug-likeness (QED) is 0.821. The predicted octanol–water partition coefficient (Wildman–Crippen LogP) is 2.80. The molecule has 21 heavy (non-hydrogen) atoms. The van der Waals surface area contributed by atoms with E-state index in [-0.39, 0.29) is 5.75 Å². The van der Waals surface area contributed by atoms with Gasteiger partial charge in [0.15, 0.2) is 0 Å². The molecule has 1 saturated carbocycles. The summed E-state index contributed by atoms with van der Waals surface area (Å²) >= 11 is 0. The highest BCUT2D eigenvalue weighted by molar-refractivity contribution is 5.77. The average Bonchev–Trinajstić information content (AvgIpc) is 3.21. The van der Waals surface area contributed by atoms with Crippen LogP contribution < -0.4 is 10.1 Å². The number of alkyl halides is 3. The number of nitrogens with one attached hydrogen (secondary N) is 1. The molecule has 4 nitrogen and oxygen atoms in total. The van der Waals surface area contributed by atoms with E-state index in [9.17, 15) is 18.0 Å². The number of methoxy groups -OCH3 is 1. The van der Waals surface area contributed by atoms with E-state index in [0.29, 0.717) is 18.0 Å². The number of carbonyl (C=O) groups is 1. The van der Waals surface area contributed by atoms with E-state index in [2.05, 4.69) is 10.1 Å². The van der Waals surface area contributed by atoms with Gasteiger partial charge in [0, 0.05) is 0 Å². The van der Waals surface area contributed by atoms with Crippen molar-refractivity contribution in [2.75, 3.05) is 13.7 Å². The van der Waals surface area contributed by atoms with Gasteiger partial charge >= 0.3 is 12.3 Å². The molecule has 1 unspecified atom stereocenters. The Morgan fingerprint density at radius 1 is 1.43 bits per heavy atom. The molecule has 2 rings (SSSR count). The van der Waals surface area contributed by atoms with Crippen LogP contribution in [0.2, 0.25) is 0 Å². The standard InChI is InChI=1S/C14H16F3NO3/c1-20-13(19)12(18-8-9-5-6-9)10-3-2-4-11(7-10)21-14(15,16)17/h2-4,7,9,12,18H,5-6,8H2,1H3. The van der Waals surface area contributed by atoms with Gasteiger partial charge in [-0.05, 0) is 43.0 Å². The molecule has 0 saturated heterocycles. The maximum atomic E-state index is 12.2. The number of ether oxygens (including phenoxy) is 2. The van der Waals surface area contributed by atoms with E-state index in [1.54, 1.807) is 6.07 Å². The molecule has 1 aromatic rings. The molecular formula is C14H16F3NO3. The Morgan fingerprint density at radius 2 is 2.14 bits per heavy atom. The first-order chi connectivity index (χ1) is 9.89. The normalized spacial score (nSPS) is 16.4. The molecule has 7 heteroatoms. The topological polar surface area (TPSA) is 47.6 Å². The lowest BCUT2D eigenvalue weighted by molar-refractivity contribution is -0.274. The van der Waals surface area contributed by atoms with Gasteiger partial charge in [-0.2, -0.15) is 0 Å². The van der Waals surface area contributed by atoms with Crippen LogP contribution in [0.4, 0.5) is 13.2 Å². The molecule has 0 heterocycles. The smallest absolute Gasteiger partial charge is 0.468 e. The first kappa shape index (κ1) is 15.6. The van der Waals surface area contributed by atoms with Gasteiger partial charge in [-0.15, -0.1) is 13.2 Å². The summed E-state index contributed by atoms with van der Waals surface area (Å²) in [7, 11) is 1.24. The van der Waals surface area contributed by atoms with Crippen LogP contribution in [-0.2, 0) is 9.53 Å². The maximum Gasteiger partial charge on any atom is 0.573 e. The van der Waals surface area contributed by atoms with Crippen LogP contribution in [0.1, 0.15) is 24.4 Å². The molecule has 0 spiro atoms. The summed E-state index contributed by atoms with van der Waals surface area (Å²) < 4.78 is 45.3. The molecule has 0 bridgehead atoms. The van der Waals surface area contributed by atoms with E-state index in [4.69, 9.17) is 4.74 Å². The number of carbonyl (C=O) groups excluding carboxylic acids is 1. The number of hydrogen-bond donors (Lipinski definition) is 1. The molecule has 0 aromatic heterocycles. The Morgan fingerprint density at radius 3 is 2.71 bits per heavy atom. The first-order valence-electron chi connectivity index (χ1n) is 6.56. The van der Waals surface area contributed by atoms with Gasteiger partial charge in [-0.3, -0.25) is 0 Å². The summed E-state index contributed by atoms with van der Waals surface area (Å²) in [6.07, 6.45) is -2.57. The van der Waals surface area contributed by atoms with E-state index in [0.717, 1.165) is 12.8 Å². The van der Waals surface area contributed by atoms with Crippen LogP contribution in [0.3, 0.4) is 0 Å². The molecule has 116 valence electrons. The summed E-state index contributed by atoms with van der Waals surface area (Å²) in [6, 6.07) is 4.55. The zero-order valence-electron chi connectivity index (χ0n) is 11.4. The zero-order valence-corrected chi connectivity index (χ0v) is 11.4. The Kier molecular flexibility index (Phi) is 4.72. The van der Waals surface area contributed by atoms with Crippen LogP contribution in [0, 0.1) is 5.92 Å². The van der Waals surface area contributed by atoms with Gasteiger partial charge < -0.3 is 14.8 Å². The minimum Gasteiger partial charge on any atom is -0.468 e. The molecule has 1 aromatic carbocycles. The minimum atomic E-state index is -4.76. The Bertz CT molecular complexity index is 500. The molecule has 1 fully saturated rings. The van der Waals surface area contributed by atoms with Gasteiger partial charge in [-0.1, -0.05) is 12.1 Å². The number of esters is 1. The number of hydrogen-bond acceptors (Lipinski definition) is 4. The van der Waals surface area contributed by atoms with E-state index >= 15 is 0 Å². The largest absolute Gasteiger partial charge is 0.573 e. The highest BCUT2D eigenvalue weighted by atomic mass is 19.4. The number of halogens is 3. The average molecular weight is 303 g/mol. The molecule has 1 aliphatic rings. The zero-order chi connectivity index (χ0) is 15.5. The van der Waals surface area contributed by atoms with Gasteiger partial charge in [0.25, 0.3) is 0 Å². The maximum absolute atomic E-state index is 12.2. The van der Waals surface area contributed by atoms with Crippen molar-refractivity contribution in [3.63, 3.8) is 0 Å². The molecule has 1 N–H and O–H groups in total. The fourth-order valence-corrected chi connectivity index (χ4v) is 1.95. The molecule has 1 atom stereocenters. The highest BCUT2D eigenvalue weighted by Gasteiger charge is 2.32. The third-order valence-corrected chi connectivity index (χ3v) is 3.17. The highest BCUT2D eigenvalue weighted by Crippen LogP contribution is 2.30. The van der Waals surface area contributed by atoms with Crippen LogP contribution in [0.5, 0.6) is 5.75 Å². The molecular weight excluding hydrogens is 287 g/mol. The molecule has 0 radical (unpaired) electrons. The lowest BCUT2D eigenvalue weighted by Gasteiger charge is -2.18. The van der Waals surface area contributed by atoms with Gasteiger partial charge in [0.1, 0.15) is 11.8 Å². The molecule has 0 amide bonds. The van der Waals surface area contributed by atoms with Crippen molar-refractivity contribution in [1.29, 1.82) is 0 Å². The van der Waals surface area contributed by atoms with Crippen LogP contribution >= 0.6 is 0 Å². The van der Waals surface area contributed by atoms with E-state index in [1.165, 1.54) is 25.3 Å². The number of rotatable bonds is 6. The Hall–Kier alpha value is -1.76. The van der Waals surface area contributed by atoms with Crippen LogP contribution in [0.25, 0.3) is 0 Å². The fourth-order valence-electron chi connectivity index (χ4n) is 1.95. The van der Waals surface area contributed by atoms with Crippen molar-refractivity contribution in [3.8, 4) is 5.75 Å². The summed E-state index contributed by atoms with van der Waals surface area (Å²) in [5.41, 5.74) is 0.379. The fraction of sp³-hybridized carbons (Fsp3) is 0.500. The Balaban J connectivity index is 2.13.